The molecule has 3 aromatic rings. The van der Waals surface area contributed by atoms with Crippen molar-refractivity contribution in [2.24, 2.45) is 12.1 Å². The topological polar surface area (TPSA) is 68.5 Å². The average Bonchev–Trinajstić information content (AvgIpc) is 2.96. The molecule has 0 atom stereocenters. The molecule has 1 N–H and O–H groups in total. The van der Waals surface area contributed by atoms with E-state index in [0.717, 1.165) is 27.5 Å². The highest BCUT2D eigenvalue weighted by atomic mass is 32.2. The molecule has 7 heteroatoms. The van der Waals surface area contributed by atoms with E-state index in [9.17, 15) is 4.79 Å². The number of aromatic nitrogens is 2. The fraction of sp³-hybridized carbons (Fsp3) is 0.167. The Balaban J connectivity index is 1.55. The molecule has 3 rings (SSSR count). The molecule has 1 amide bonds. The van der Waals surface area contributed by atoms with E-state index in [4.69, 9.17) is 4.74 Å². The van der Waals surface area contributed by atoms with Gasteiger partial charge in [-0.1, -0.05) is 36.0 Å². The third kappa shape index (κ3) is 4.19. The lowest BCUT2D eigenvalue weighted by atomic mass is 10.2. The summed E-state index contributed by atoms with van der Waals surface area (Å²) in [7, 11) is 3.55. The van der Waals surface area contributed by atoms with Crippen molar-refractivity contribution >= 4 is 34.9 Å². The van der Waals surface area contributed by atoms with Crippen LogP contribution in [0.1, 0.15) is 5.56 Å². The Bertz CT molecular complexity index is 920. The van der Waals surface area contributed by atoms with Gasteiger partial charge in [0.25, 0.3) is 5.91 Å². The lowest BCUT2D eigenvalue weighted by Gasteiger charge is -2.02. The van der Waals surface area contributed by atoms with Crippen molar-refractivity contribution in [2.45, 2.75) is 5.16 Å². The number of benzene rings is 2. The summed E-state index contributed by atoms with van der Waals surface area (Å²) in [6, 6.07) is 15.3. The number of carbonyl (C=O) groups excluding carboxylic acids is 1. The second-order valence-electron chi connectivity index (χ2n) is 5.30. The molecule has 0 radical (unpaired) electrons. The zero-order chi connectivity index (χ0) is 17.6. The van der Waals surface area contributed by atoms with Gasteiger partial charge < -0.3 is 9.30 Å². The van der Waals surface area contributed by atoms with Gasteiger partial charge in [-0.2, -0.15) is 5.10 Å². The van der Waals surface area contributed by atoms with Gasteiger partial charge >= 0.3 is 0 Å². The number of fused-ring (bicyclic) bond motifs is 1. The maximum atomic E-state index is 11.9. The summed E-state index contributed by atoms with van der Waals surface area (Å²) in [5.41, 5.74) is 5.34. The fourth-order valence-corrected chi connectivity index (χ4v) is 3.10. The largest absolute Gasteiger partial charge is 0.497 e. The van der Waals surface area contributed by atoms with Gasteiger partial charge in [-0.25, -0.2) is 10.4 Å². The van der Waals surface area contributed by atoms with Gasteiger partial charge in [-0.3, -0.25) is 4.79 Å². The molecule has 0 bridgehead atoms. The van der Waals surface area contributed by atoms with Crippen LogP contribution in [0, 0.1) is 0 Å². The number of imidazole rings is 1. The molecule has 128 valence electrons. The van der Waals surface area contributed by atoms with Crippen molar-refractivity contribution < 1.29 is 9.53 Å². The van der Waals surface area contributed by atoms with E-state index < -0.39 is 0 Å². The third-order valence-electron chi connectivity index (χ3n) is 3.58. The van der Waals surface area contributed by atoms with Gasteiger partial charge in [0.2, 0.25) is 0 Å². The zero-order valence-corrected chi connectivity index (χ0v) is 14.8. The van der Waals surface area contributed by atoms with Gasteiger partial charge in [0, 0.05) is 7.05 Å². The molecule has 2 aromatic carbocycles. The summed E-state index contributed by atoms with van der Waals surface area (Å²) in [6.45, 7) is 0. The Labute approximate surface area is 149 Å². The van der Waals surface area contributed by atoms with Gasteiger partial charge in [0.15, 0.2) is 5.16 Å². The number of thioether (sulfide) groups is 1. The van der Waals surface area contributed by atoms with Crippen LogP contribution >= 0.6 is 11.8 Å². The summed E-state index contributed by atoms with van der Waals surface area (Å²) < 4.78 is 7.12. The lowest BCUT2D eigenvalue weighted by molar-refractivity contribution is -0.118. The minimum atomic E-state index is -0.184. The molecule has 0 saturated heterocycles. The van der Waals surface area contributed by atoms with Crippen LogP contribution in [-0.4, -0.2) is 34.5 Å². The van der Waals surface area contributed by atoms with Gasteiger partial charge in [-0.15, -0.1) is 0 Å². The Kier molecular flexibility index (Phi) is 5.35. The van der Waals surface area contributed by atoms with Crippen molar-refractivity contribution in [3.8, 4) is 5.75 Å². The molecule has 0 aliphatic heterocycles. The molecule has 25 heavy (non-hydrogen) atoms. The Hall–Kier alpha value is -2.80. The molecule has 1 heterocycles. The fourth-order valence-electron chi connectivity index (χ4n) is 2.32. The van der Waals surface area contributed by atoms with Crippen molar-refractivity contribution in [3.05, 3.63) is 54.1 Å². The van der Waals surface area contributed by atoms with Crippen molar-refractivity contribution in [1.82, 2.24) is 15.0 Å². The van der Waals surface area contributed by atoms with Crippen LogP contribution in [0.5, 0.6) is 5.75 Å². The molecular weight excluding hydrogens is 336 g/mol. The van der Waals surface area contributed by atoms with Gasteiger partial charge in [-0.05, 0) is 29.8 Å². The highest BCUT2D eigenvalue weighted by molar-refractivity contribution is 7.99. The summed E-state index contributed by atoms with van der Waals surface area (Å²) in [5, 5.41) is 4.77. The number of hydrogen-bond donors (Lipinski definition) is 1. The number of ether oxygens (including phenoxy) is 1. The van der Waals surface area contributed by atoms with E-state index >= 15 is 0 Å². The lowest BCUT2D eigenvalue weighted by Crippen LogP contribution is -2.19. The van der Waals surface area contributed by atoms with Crippen LogP contribution in [-0.2, 0) is 11.8 Å². The van der Waals surface area contributed by atoms with Crippen LogP contribution in [0.3, 0.4) is 0 Å². The SMILES string of the molecule is COc1cccc(/C=N\NC(=O)CSc2nc3ccccc3n2C)c1. The molecule has 0 aliphatic rings. The number of nitrogens with zero attached hydrogens (tertiary/aromatic N) is 3. The molecule has 0 unspecified atom stereocenters. The summed E-state index contributed by atoms with van der Waals surface area (Å²) in [4.78, 5) is 16.5. The van der Waals surface area contributed by atoms with Crippen LogP contribution in [0.25, 0.3) is 11.0 Å². The van der Waals surface area contributed by atoms with Crippen LogP contribution in [0.2, 0.25) is 0 Å². The minimum Gasteiger partial charge on any atom is -0.497 e. The third-order valence-corrected chi connectivity index (χ3v) is 4.61. The normalized spacial score (nSPS) is 11.1. The molecular formula is C18H18N4O2S. The quantitative estimate of drug-likeness (QED) is 0.420. The number of aryl methyl sites for hydroxylation is 1. The van der Waals surface area contributed by atoms with Gasteiger partial charge in [0.05, 0.1) is 30.1 Å². The maximum absolute atomic E-state index is 11.9. The van der Waals surface area contributed by atoms with E-state index in [-0.39, 0.29) is 11.7 Å². The number of carbonyl (C=O) groups is 1. The highest BCUT2D eigenvalue weighted by Gasteiger charge is 2.09. The Morgan fingerprint density at radius 3 is 2.96 bits per heavy atom. The molecule has 0 saturated carbocycles. The van der Waals surface area contributed by atoms with Crippen molar-refractivity contribution in [2.75, 3.05) is 12.9 Å². The second kappa shape index (κ2) is 7.85. The highest BCUT2D eigenvalue weighted by Crippen LogP contribution is 2.22. The zero-order valence-electron chi connectivity index (χ0n) is 14.0. The predicted octanol–water partition coefficient (Wildman–Crippen LogP) is 2.82. The van der Waals surface area contributed by atoms with E-state index in [1.165, 1.54) is 11.8 Å². The van der Waals surface area contributed by atoms with E-state index in [1.807, 2.05) is 60.1 Å². The minimum absolute atomic E-state index is 0.184. The molecule has 1 aromatic heterocycles. The second-order valence-corrected chi connectivity index (χ2v) is 6.24. The summed E-state index contributed by atoms with van der Waals surface area (Å²) >= 11 is 1.38. The predicted molar refractivity (Wildman–Crippen MR) is 100 cm³/mol. The number of hydrogen-bond acceptors (Lipinski definition) is 5. The molecule has 0 spiro atoms. The first-order valence-electron chi connectivity index (χ1n) is 7.67. The number of hydrazone groups is 1. The number of amides is 1. The van der Waals surface area contributed by atoms with Crippen LogP contribution < -0.4 is 10.2 Å². The number of rotatable bonds is 6. The monoisotopic (exact) mass is 354 g/mol. The number of para-hydroxylation sites is 2. The average molecular weight is 354 g/mol. The first-order chi connectivity index (χ1) is 12.2. The maximum Gasteiger partial charge on any atom is 0.250 e. The molecule has 0 fully saturated rings. The van der Waals surface area contributed by atoms with Gasteiger partial charge in [0.1, 0.15) is 5.75 Å². The summed E-state index contributed by atoms with van der Waals surface area (Å²) in [6.07, 6.45) is 1.58. The number of nitrogens with one attached hydrogen (secondary N) is 1. The Morgan fingerprint density at radius 2 is 2.16 bits per heavy atom. The first-order valence-corrected chi connectivity index (χ1v) is 8.66. The summed E-state index contributed by atoms with van der Waals surface area (Å²) in [5.74, 6) is 0.802. The van der Waals surface area contributed by atoms with E-state index in [2.05, 4.69) is 15.5 Å². The van der Waals surface area contributed by atoms with E-state index in [1.54, 1.807) is 13.3 Å². The van der Waals surface area contributed by atoms with Crippen LogP contribution in [0.4, 0.5) is 0 Å². The molecule has 0 aliphatic carbocycles. The van der Waals surface area contributed by atoms with Crippen molar-refractivity contribution in [3.63, 3.8) is 0 Å². The van der Waals surface area contributed by atoms with Crippen molar-refractivity contribution in [1.29, 1.82) is 0 Å². The molecule has 6 nitrogen and oxygen atoms in total. The number of methoxy groups -OCH3 is 1. The van der Waals surface area contributed by atoms with Crippen LogP contribution in [0.15, 0.2) is 58.8 Å². The van der Waals surface area contributed by atoms with E-state index in [0.29, 0.717) is 0 Å². The Morgan fingerprint density at radius 1 is 1.32 bits per heavy atom. The smallest absolute Gasteiger partial charge is 0.250 e. The first kappa shape index (κ1) is 17.0. The standard InChI is InChI=1S/C18H18N4O2S/c1-22-16-9-4-3-8-15(16)20-18(22)25-12-17(23)21-19-11-13-6-5-7-14(10-13)24-2/h3-11H,12H2,1-2H3,(H,21,23)/b19-11-.